The first-order chi connectivity index (χ1) is 11.4. The van der Waals surface area contributed by atoms with E-state index >= 15 is 0 Å². The molecule has 0 N–H and O–H groups in total. The Kier molecular flexibility index (Phi) is 3.36. The van der Waals surface area contributed by atoms with Gasteiger partial charge in [-0.15, -0.1) is 0 Å². The van der Waals surface area contributed by atoms with E-state index in [4.69, 9.17) is 0 Å². The zero-order valence-corrected chi connectivity index (χ0v) is 13.0. The smallest absolute Gasteiger partial charge is 0.352 e. The summed E-state index contributed by atoms with van der Waals surface area (Å²) < 4.78 is 37.9. The zero-order valence-electron chi connectivity index (χ0n) is 13.0. The van der Waals surface area contributed by atoms with Crippen LogP contribution in [0.1, 0.15) is 17.7 Å². The fourth-order valence-electron chi connectivity index (χ4n) is 3.49. The SMILES string of the molecule is Cc1cc(N2CC3CC(C2)N3c2ccc(C(F)(F)F)cn2)ncn1. The number of nitrogens with zero attached hydrogens (tertiary/aromatic N) is 5. The van der Waals surface area contributed by atoms with E-state index < -0.39 is 11.7 Å². The predicted molar refractivity (Wildman–Crippen MR) is 82.9 cm³/mol. The van der Waals surface area contributed by atoms with E-state index in [2.05, 4.69) is 24.8 Å². The van der Waals surface area contributed by atoms with Gasteiger partial charge in [0.25, 0.3) is 0 Å². The molecule has 3 fully saturated rings. The van der Waals surface area contributed by atoms with Crippen LogP contribution in [0, 0.1) is 6.92 Å². The third-order valence-corrected chi connectivity index (χ3v) is 4.65. The van der Waals surface area contributed by atoms with E-state index in [1.807, 2.05) is 13.0 Å². The fourth-order valence-corrected chi connectivity index (χ4v) is 3.49. The molecular formula is C16H16F3N5. The van der Waals surface area contributed by atoms with Gasteiger partial charge in [0.2, 0.25) is 0 Å². The second-order valence-electron chi connectivity index (χ2n) is 6.28. The van der Waals surface area contributed by atoms with Crippen LogP contribution in [0.5, 0.6) is 0 Å². The molecule has 0 amide bonds. The number of alkyl halides is 3. The van der Waals surface area contributed by atoms with Crippen LogP contribution in [0.4, 0.5) is 24.8 Å². The van der Waals surface area contributed by atoms with Crippen molar-refractivity contribution in [1.29, 1.82) is 0 Å². The quantitative estimate of drug-likeness (QED) is 0.844. The maximum Gasteiger partial charge on any atom is 0.417 e. The molecule has 2 aromatic heterocycles. The highest BCUT2D eigenvalue weighted by atomic mass is 19.4. The molecule has 8 heteroatoms. The summed E-state index contributed by atoms with van der Waals surface area (Å²) in [6.07, 6.45) is -0.851. The van der Waals surface area contributed by atoms with Gasteiger partial charge in [-0.25, -0.2) is 15.0 Å². The summed E-state index contributed by atoms with van der Waals surface area (Å²) >= 11 is 0. The molecule has 3 saturated heterocycles. The molecule has 126 valence electrons. The Morgan fingerprint density at radius 2 is 1.79 bits per heavy atom. The molecule has 2 atom stereocenters. The van der Waals surface area contributed by atoms with Crippen LogP contribution < -0.4 is 9.80 Å². The lowest BCUT2D eigenvalue weighted by molar-refractivity contribution is -0.137. The molecule has 2 unspecified atom stereocenters. The number of pyridine rings is 1. The summed E-state index contributed by atoms with van der Waals surface area (Å²) in [6, 6.07) is 5.02. The lowest BCUT2D eigenvalue weighted by atomic mass is 9.87. The number of aromatic nitrogens is 3. The largest absolute Gasteiger partial charge is 0.417 e. The van der Waals surface area contributed by atoms with Gasteiger partial charge in [0.05, 0.1) is 17.6 Å². The highest BCUT2D eigenvalue weighted by molar-refractivity contribution is 5.52. The van der Waals surface area contributed by atoms with Gasteiger partial charge >= 0.3 is 6.18 Å². The van der Waals surface area contributed by atoms with E-state index in [0.717, 1.165) is 43.3 Å². The molecule has 24 heavy (non-hydrogen) atoms. The molecule has 3 aliphatic heterocycles. The van der Waals surface area contributed by atoms with Crippen molar-refractivity contribution in [2.24, 2.45) is 0 Å². The Hall–Kier alpha value is -2.38. The number of anilines is 2. The van der Waals surface area contributed by atoms with Crippen molar-refractivity contribution in [1.82, 2.24) is 15.0 Å². The standard InChI is InChI=1S/C16H16F3N5/c1-10-4-15(22-9-21-10)23-7-12-5-13(8-23)24(12)14-3-2-11(6-20-14)16(17,18)19/h2-4,6,9,12-13H,5,7-8H2,1H3. The average Bonchev–Trinajstić information content (AvgIpc) is 2.54. The van der Waals surface area contributed by atoms with Gasteiger partial charge < -0.3 is 9.80 Å². The monoisotopic (exact) mass is 335 g/mol. The van der Waals surface area contributed by atoms with Crippen molar-refractivity contribution >= 4 is 11.6 Å². The summed E-state index contributed by atoms with van der Waals surface area (Å²) in [6.45, 7) is 3.50. The van der Waals surface area contributed by atoms with Crippen molar-refractivity contribution < 1.29 is 13.2 Å². The maximum atomic E-state index is 12.6. The van der Waals surface area contributed by atoms with Crippen LogP contribution >= 0.6 is 0 Å². The van der Waals surface area contributed by atoms with E-state index in [9.17, 15) is 13.2 Å². The first kappa shape index (κ1) is 15.2. The Labute approximate surface area is 137 Å². The van der Waals surface area contributed by atoms with E-state index in [1.54, 1.807) is 6.33 Å². The topological polar surface area (TPSA) is 45.2 Å². The van der Waals surface area contributed by atoms with E-state index in [-0.39, 0.29) is 12.1 Å². The van der Waals surface area contributed by atoms with E-state index in [0.29, 0.717) is 5.82 Å². The van der Waals surface area contributed by atoms with Crippen LogP contribution in [0.3, 0.4) is 0 Å². The van der Waals surface area contributed by atoms with Crippen LogP contribution in [-0.2, 0) is 6.18 Å². The summed E-state index contributed by atoms with van der Waals surface area (Å²) in [7, 11) is 0. The first-order valence-corrected chi connectivity index (χ1v) is 7.77. The second kappa shape index (κ2) is 5.32. The summed E-state index contributed by atoms with van der Waals surface area (Å²) in [4.78, 5) is 16.8. The Balaban J connectivity index is 1.49. The summed E-state index contributed by atoms with van der Waals surface area (Å²) in [5.74, 6) is 1.51. The number of aryl methyl sites for hydroxylation is 1. The molecule has 5 rings (SSSR count). The summed E-state index contributed by atoms with van der Waals surface area (Å²) in [5.41, 5.74) is 0.204. The highest BCUT2D eigenvalue weighted by Gasteiger charge is 2.45. The number of halogens is 3. The van der Waals surface area contributed by atoms with Crippen LogP contribution in [0.25, 0.3) is 0 Å². The number of rotatable bonds is 2. The predicted octanol–water partition coefficient (Wildman–Crippen LogP) is 2.67. The normalized spacial score (nSPS) is 23.2. The van der Waals surface area contributed by atoms with Crippen molar-refractivity contribution in [2.45, 2.75) is 31.6 Å². The number of hydrogen-bond acceptors (Lipinski definition) is 5. The molecule has 0 aliphatic carbocycles. The minimum Gasteiger partial charge on any atom is -0.352 e. The molecule has 0 spiro atoms. The van der Waals surface area contributed by atoms with Gasteiger partial charge in [0.15, 0.2) is 0 Å². The lowest BCUT2D eigenvalue weighted by Gasteiger charge is -2.57. The second-order valence-corrected chi connectivity index (χ2v) is 6.28. The molecule has 0 aromatic carbocycles. The highest BCUT2D eigenvalue weighted by Crippen LogP contribution is 2.38. The lowest BCUT2D eigenvalue weighted by Crippen LogP contribution is -2.69. The van der Waals surface area contributed by atoms with Gasteiger partial charge in [0.1, 0.15) is 18.0 Å². The molecule has 0 radical (unpaired) electrons. The van der Waals surface area contributed by atoms with Crippen LogP contribution in [0.2, 0.25) is 0 Å². The van der Waals surface area contributed by atoms with Gasteiger partial charge in [-0.2, -0.15) is 13.2 Å². The number of piperazine rings is 1. The molecule has 2 bridgehead atoms. The van der Waals surface area contributed by atoms with E-state index in [1.165, 1.54) is 6.07 Å². The summed E-state index contributed by atoms with van der Waals surface area (Å²) in [5, 5.41) is 0. The Morgan fingerprint density at radius 1 is 1.04 bits per heavy atom. The van der Waals surface area contributed by atoms with Crippen molar-refractivity contribution in [3.63, 3.8) is 0 Å². The minimum absolute atomic E-state index is 0.253. The molecule has 5 heterocycles. The Morgan fingerprint density at radius 3 is 2.38 bits per heavy atom. The molecule has 5 nitrogen and oxygen atoms in total. The molecule has 2 aromatic rings. The fraction of sp³-hybridized carbons (Fsp3) is 0.438. The number of piperidine rings is 1. The van der Waals surface area contributed by atoms with Crippen LogP contribution in [0.15, 0.2) is 30.7 Å². The first-order valence-electron chi connectivity index (χ1n) is 7.77. The molecular weight excluding hydrogens is 319 g/mol. The van der Waals surface area contributed by atoms with Crippen LogP contribution in [-0.4, -0.2) is 40.1 Å². The number of hydrogen-bond donors (Lipinski definition) is 0. The van der Waals surface area contributed by atoms with Gasteiger partial charge in [-0.05, 0) is 25.5 Å². The van der Waals surface area contributed by atoms with Crippen molar-refractivity contribution in [3.05, 3.63) is 42.0 Å². The van der Waals surface area contributed by atoms with Gasteiger partial charge in [-0.3, -0.25) is 0 Å². The average molecular weight is 335 g/mol. The molecule has 0 saturated carbocycles. The number of fused-ring (bicyclic) bond motifs is 2. The minimum atomic E-state index is -4.35. The third-order valence-electron chi connectivity index (χ3n) is 4.65. The van der Waals surface area contributed by atoms with Gasteiger partial charge in [-0.1, -0.05) is 0 Å². The van der Waals surface area contributed by atoms with Crippen molar-refractivity contribution in [3.8, 4) is 0 Å². The Bertz CT molecular complexity index is 734. The molecule has 3 aliphatic rings. The third kappa shape index (κ3) is 2.55. The van der Waals surface area contributed by atoms with Crippen molar-refractivity contribution in [2.75, 3.05) is 22.9 Å². The zero-order chi connectivity index (χ0) is 16.9. The maximum absolute atomic E-state index is 12.6. The van der Waals surface area contributed by atoms with Gasteiger partial charge in [0, 0.05) is 31.0 Å².